The van der Waals surface area contributed by atoms with Crippen molar-refractivity contribution in [1.82, 2.24) is 5.32 Å². The summed E-state index contributed by atoms with van der Waals surface area (Å²) in [7, 11) is 0. The summed E-state index contributed by atoms with van der Waals surface area (Å²) in [6.45, 7) is 6.16. The Morgan fingerprint density at radius 3 is 2.28 bits per heavy atom. The van der Waals surface area contributed by atoms with E-state index >= 15 is 0 Å². The lowest BCUT2D eigenvalue weighted by Gasteiger charge is -2.11. The van der Waals surface area contributed by atoms with Crippen LogP contribution in [0.4, 0.5) is 0 Å². The quantitative estimate of drug-likeness (QED) is 0.885. The minimum atomic E-state index is 0.896. The molecule has 0 aliphatic heterocycles. The molecule has 2 rings (SSSR count). The van der Waals surface area contributed by atoms with E-state index in [1.165, 1.54) is 22.3 Å². The second-order valence-corrected chi connectivity index (χ2v) is 5.52. The fraction of sp³-hybridized carbons (Fsp3) is 0.250. The molecule has 2 aromatic rings. The summed E-state index contributed by atoms with van der Waals surface area (Å²) in [5.41, 5.74) is 5.43. The molecule has 0 bridgehead atoms. The summed E-state index contributed by atoms with van der Waals surface area (Å²) in [5.74, 6) is 0. The molecule has 0 aliphatic carbocycles. The number of nitrogens with one attached hydrogen (secondary N) is 1. The standard InChI is InChI=1S/C16H18BrN/c1-12-5-3-6-13(2)16(12)11-18-10-14-7-4-8-15(17)9-14/h3-9,18H,10-11H2,1-2H3. The van der Waals surface area contributed by atoms with Crippen LogP contribution in [-0.4, -0.2) is 0 Å². The summed E-state index contributed by atoms with van der Waals surface area (Å²) in [6, 6.07) is 14.9. The van der Waals surface area contributed by atoms with Crippen molar-refractivity contribution in [3.63, 3.8) is 0 Å². The Bertz CT molecular complexity index is 514. The van der Waals surface area contributed by atoms with Crippen molar-refractivity contribution in [2.75, 3.05) is 0 Å². The number of benzene rings is 2. The molecule has 0 aromatic heterocycles. The van der Waals surface area contributed by atoms with Crippen LogP contribution in [0.3, 0.4) is 0 Å². The molecule has 0 radical (unpaired) electrons. The van der Waals surface area contributed by atoms with Gasteiger partial charge in [0.15, 0.2) is 0 Å². The Kier molecular flexibility index (Phi) is 4.56. The highest BCUT2D eigenvalue weighted by molar-refractivity contribution is 9.10. The van der Waals surface area contributed by atoms with E-state index in [2.05, 4.69) is 77.6 Å². The van der Waals surface area contributed by atoms with Crippen LogP contribution in [0.15, 0.2) is 46.9 Å². The zero-order valence-electron chi connectivity index (χ0n) is 10.8. The van der Waals surface area contributed by atoms with Crippen LogP contribution in [-0.2, 0) is 13.1 Å². The highest BCUT2D eigenvalue weighted by Gasteiger charge is 2.01. The largest absolute Gasteiger partial charge is 0.309 e. The Labute approximate surface area is 117 Å². The average Bonchev–Trinajstić information content (AvgIpc) is 2.33. The van der Waals surface area contributed by atoms with E-state index < -0.39 is 0 Å². The molecule has 0 atom stereocenters. The molecule has 0 saturated heterocycles. The van der Waals surface area contributed by atoms with Crippen LogP contribution < -0.4 is 5.32 Å². The molecular weight excluding hydrogens is 286 g/mol. The van der Waals surface area contributed by atoms with Gasteiger partial charge in [-0.2, -0.15) is 0 Å². The zero-order chi connectivity index (χ0) is 13.0. The lowest BCUT2D eigenvalue weighted by molar-refractivity contribution is 0.687. The molecule has 0 fully saturated rings. The van der Waals surface area contributed by atoms with Gasteiger partial charge in [0.25, 0.3) is 0 Å². The van der Waals surface area contributed by atoms with Crippen LogP contribution in [0, 0.1) is 13.8 Å². The fourth-order valence-electron chi connectivity index (χ4n) is 2.11. The van der Waals surface area contributed by atoms with Gasteiger partial charge in [-0.3, -0.25) is 0 Å². The van der Waals surface area contributed by atoms with E-state index in [-0.39, 0.29) is 0 Å². The molecule has 0 aliphatic rings. The molecular formula is C16H18BrN. The van der Waals surface area contributed by atoms with Crippen LogP contribution in [0.5, 0.6) is 0 Å². The van der Waals surface area contributed by atoms with Crippen molar-refractivity contribution in [3.05, 3.63) is 69.2 Å². The van der Waals surface area contributed by atoms with E-state index in [0.717, 1.165) is 17.6 Å². The van der Waals surface area contributed by atoms with Crippen molar-refractivity contribution in [3.8, 4) is 0 Å². The Hall–Kier alpha value is -1.12. The molecule has 2 aromatic carbocycles. The molecule has 0 saturated carbocycles. The lowest BCUT2D eigenvalue weighted by Crippen LogP contribution is -2.14. The maximum atomic E-state index is 3.51. The van der Waals surface area contributed by atoms with Crippen LogP contribution in [0.25, 0.3) is 0 Å². The maximum Gasteiger partial charge on any atom is 0.0213 e. The molecule has 0 spiro atoms. The number of halogens is 1. The molecule has 0 heterocycles. The minimum Gasteiger partial charge on any atom is -0.309 e. The lowest BCUT2D eigenvalue weighted by atomic mass is 10.0. The van der Waals surface area contributed by atoms with Crippen LogP contribution >= 0.6 is 15.9 Å². The van der Waals surface area contributed by atoms with E-state index in [9.17, 15) is 0 Å². The summed E-state index contributed by atoms with van der Waals surface area (Å²) in [6.07, 6.45) is 0. The van der Waals surface area contributed by atoms with Gasteiger partial charge >= 0.3 is 0 Å². The first kappa shape index (κ1) is 13.3. The van der Waals surface area contributed by atoms with Crippen molar-refractivity contribution in [2.45, 2.75) is 26.9 Å². The van der Waals surface area contributed by atoms with Crippen molar-refractivity contribution >= 4 is 15.9 Å². The molecule has 0 amide bonds. The SMILES string of the molecule is Cc1cccc(C)c1CNCc1cccc(Br)c1. The topological polar surface area (TPSA) is 12.0 Å². The van der Waals surface area contributed by atoms with E-state index in [1.807, 2.05) is 0 Å². The highest BCUT2D eigenvalue weighted by Crippen LogP contribution is 2.14. The van der Waals surface area contributed by atoms with E-state index in [0.29, 0.717) is 0 Å². The Balaban J connectivity index is 1.97. The molecule has 2 heteroatoms. The Morgan fingerprint density at radius 1 is 0.944 bits per heavy atom. The van der Waals surface area contributed by atoms with Gasteiger partial charge in [0, 0.05) is 17.6 Å². The number of hydrogen-bond donors (Lipinski definition) is 1. The third kappa shape index (κ3) is 3.44. The van der Waals surface area contributed by atoms with Gasteiger partial charge in [-0.1, -0.05) is 46.3 Å². The van der Waals surface area contributed by atoms with Gasteiger partial charge < -0.3 is 5.32 Å². The van der Waals surface area contributed by atoms with E-state index in [4.69, 9.17) is 0 Å². The third-order valence-electron chi connectivity index (χ3n) is 3.16. The molecule has 18 heavy (non-hydrogen) atoms. The predicted molar refractivity (Wildman–Crippen MR) is 80.6 cm³/mol. The fourth-order valence-corrected chi connectivity index (χ4v) is 2.55. The summed E-state index contributed by atoms with van der Waals surface area (Å²) >= 11 is 3.49. The Morgan fingerprint density at radius 2 is 1.61 bits per heavy atom. The molecule has 0 unspecified atom stereocenters. The van der Waals surface area contributed by atoms with Crippen molar-refractivity contribution < 1.29 is 0 Å². The van der Waals surface area contributed by atoms with Gasteiger partial charge in [0.2, 0.25) is 0 Å². The molecule has 1 nitrogen and oxygen atoms in total. The first-order valence-corrected chi connectivity index (χ1v) is 6.96. The first-order valence-electron chi connectivity index (χ1n) is 6.17. The third-order valence-corrected chi connectivity index (χ3v) is 3.66. The first-order chi connectivity index (χ1) is 8.66. The highest BCUT2D eigenvalue weighted by atomic mass is 79.9. The van der Waals surface area contributed by atoms with Gasteiger partial charge in [-0.15, -0.1) is 0 Å². The van der Waals surface area contributed by atoms with Crippen LogP contribution in [0.2, 0.25) is 0 Å². The van der Waals surface area contributed by atoms with Gasteiger partial charge in [-0.05, 0) is 48.2 Å². The predicted octanol–water partition coefficient (Wildman–Crippen LogP) is 4.36. The summed E-state index contributed by atoms with van der Waals surface area (Å²) in [5, 5.41) is 3.51. The monoisotopic (exact) mass is 303 g/mol. The molecule has 1 N–H and O–H groups in total. The smallest absolute Gasteiger partial charge is 0.0213 e. The molecule has 94 valence electrons. The van der Waals surface area contributed by atoms with Crippen molar-refractivity contribution in [1.29, 1.82) is 0 Å². The zero-order valence-corrected chi connectivity index (χ0v) is 12.4. The number of aryl methyl sites for hydroxylation is 2. The van der Waals surface area contributed by atoms with E-state index in [1.54, 1.807) is 0 Å². The number of rotatable bonds is 4. The second-order valence-electron chi connectivity index (χ2n) is 4.60. The maximum absolute atomic E-state index is 3.51. The number of hydrogen-bond acceptors (Lipinski definition) is 1. The van der Waals surface area contributed by atoms with Gasteiger partial charge in [-0.25, -0.2) is 0 Å². The average molecular weight is 304 g/mol. The van der Waals surface area contributed by atoms with Crippen LogP contribution in [0.1, 0.15) is 22.3 Å². The summed E-state index contributed by atoms with van der Waals surface area (Å²) < 4.78 is 1.13. The van der Waals surface area contributed by atoms with Crippen molar-refractivity contribution in [2.24, 2.45) is 0 Å². The minimum absolute atomic E-state index is 0.896. The van der Waals surface area contributed by atoms with Gasteiger partial charge in [0.1, 0.15) is 0 Å². The van der Waals surface area contributed by atoms with Gasteiger partial charge in [0.05, 0.1) is 0 Å². The normalized spacial score (nSPS) is 10.6. The summed E-state index contributed by atoms with van der Waals surface area (Å²) in [4.78, 5) is 0. The second kappa shape index (κ2) is 6.17.